The molecule has 0 bridgehead atoms. The highest BCUT2D eigenvalue weighted by Gasteiger charge is 2.57. The summed E-state index contributed by atoms with van der Waals surface area (Å²) in [7, 11) is 1.57. The molecule has 0 saturated carbocycles. The lowest BCUT2D eigenvalue weighted by Crippen LogP contribution is -2.43. The average molecular weight is 561 g/mol. The normalized spacial score (nSPS) is 23.2. The summed E-state index contributed by atoms with van der Waals surface area (Å²) in [6, 6.07) is 11.4. The Bertz CT molecular complexity index is 1560. The molecule has 4 aliphatic heterocycles. The third-order valence-corrected chi connectivity index (χ3v) is 8.39. The van der Waals surface area contributed by atoms with Gasteiger partial charge in [0.25, 0.3) is 0 Å². The molecule has 3 aromatic carbocycles. The summed E-state index contributed by atoms with van der Waals surface area (Å²) in [4.78, 5) is 13.6. The number of carbonyl (C=O) groups excluding carboxylic acids is 1. The van der Waals surface area contributed by atoms with E-state index in [9.17, 15) is 9.90 Å². The van der Waals surface area contributed by atoms with E-state index >= 15 is 0 Å². The van der Waals surface area contributed by atoms with Crippen molar-refractivity contribution < 1.29 is 43.1 Å². The molecule has 0 radical (unpaired) electrons. The number of fused-ring (bicyclic) bond motifs is 4. The van der Waals surface area contributed by atoms with Crippen LogP contribution in [0, 0.1) is 18.8 Å². The fraction of sp³-hybridized carbons (Fsp3) is 0.406. The maximum Gasteiger partial charge on any atom is 0.241 e. The fourth-order valence-corrected chi connectivity index (χ4v) is 6.47. The number of hydrogen-bond acceptors (Lipinski definition) is 9. The van der Waals surface area contributed by atoms with E-state index < -0.39 is 5.79 Å². The Balaban J connectivity index is 1.39. The van der Waals surface area contributed by atoms with E-state index in [1.807, 2.05) is 50.2 Å². The van der Waals surface area contributed by atoms with Gasteiger partial charge in [0.2, 0.25) is 19.4 Å². The van der Waals surface area contributed by atoms with Gasteiger partial charge in [-0.05, 0) is 61.6 Å². The molecule has 0 spiro atoms. The number of phenolic OH excluding ortho intramolecular Hbond substituents is 1. The van der Waals surface area contributed by atoms with Gasteiger partial charge in [-0.25, -0.2) is 0 Å². The zero-order valence-electron chi connectivity index (χ0n) is 23.4. The lowest BCUT2D eigenvalue weighted by Gasteiger charge is -2.41. The number of Topliss-reactive ketones (excluding diaryl/α,β-unsaturated/α-hetero) is 1. The van der Waals surface area contributed by atoms with Crippen LogP contribution in [0.5, 0.6) is 40.2 Å². The van der Waals surface area contributed by atoms with E-state index in [1.54, 1.807) is 14.0 Å². The summed E-state index contributed by atoms with van der Waals surface area (Å²) in [5.41, 5.74) is 3.11. The van der Waals surface area contributed by atoms with Crippen LogP contribution < -0.4 is 28.4 Å². The third-order valence-electron chi connectivity index (χ3n) is 8.39. The molecule has 0 aromatic heterocycles. The zero-order chi connectivity index (χ0) is 28.5. The van der Waals surface area contributed by atoms with E-state index in [0.717, 1.165) is 16.7 Å². The van der Waals surface area contributed by atoms with Crippen LogP contribution in [0.3, 0.4) is 0 Å². The molecule has 41 heavy (non-hydrogen) atoms. The number of ether oxygens (including phenoxy) is 7. The second-order valence-electron chi connectivity index (χ2n) is 11.4. The lowest BCUT2D eigenvalue weighted by molar-refractivity contribution is -0.209. The van der Waals surface area contributed by atoms with Crippen LogP contribution in [0.4, 0.5) is 0 Å². The number of ketones is 1. The third kappa shape index (κ3) is 3.97. The maximum absolute atomic E-state index is 13.6. The number of rotatable bonds is 6. The van der Waals surface area contributed by atoms with Crippen molar-refractivity contribution in [2.45, 2.75) is 51.9 Å². The molecule has 1 N–H and O–H groups in total. The predicted molar refractivity (Wildman–Crippen MR) is 146 cm³/mol. The Kier molecular flexibility index (Phi) is 5.97. The molecular weight excluding hydrogens is 528 g/mol. The van der Waals surface area contributed by atoms with Crippen molar-refractivity contribution in [3.8, 4) is 40.2 Å². The maximum atomic E-state index is 13.6. The predicted octanol–water partition coefficient (Wildman–Crippen LogP) is 5.96. The first-order valence-corrected chi connectivity index (χ1v) is 13.9. The minimum Gasteiger partial charge on any atom is -0.507 e. The second-order valence-corrected chi connectivity index (χ2v) is 11.4. The number of benzene rings is 3. The van der Waals surface area contributed by atoms with Crippen molar-refractivity contribution in [1.82, 2.24) is 0 Å². The van der Waals surface area contributed by atoms with E-state index in [2.05, 4.69) is 0 Å². The lowest BCUT2D eigenvalue weighted by atomic mass is 9.80. The van der Waals surface area contributed by atoms with Crippen molar-refractivity contribution >= 4 is 5.78 Å². The monoisotopic (exact) mass is 560 g/mol. The van der Waals surface area contributed by atoms with Gasteiger partial charge in [-0.3, -0.25) is 4.79 Å². The van der Waals surface area contributed by atoms with E-state index in [-0.39, 0.29) is 55.0 Å². The molecule has 4 aliphatic rings. The van der Waals surface area contributed by atoms with Gasteiger partial charge in [0.05, 0.1) is 13.2 Å². The highest BCUT2D eigenvalue weighted by Crippen LogP contribution is 2.60. The number of carbonyl (C=O) groups is 1. The minimum atomic E-state index is -1.27. The molecule has 0 amide bonds. The first-order chi connectivity index (χ1) is 19.8. The summed E-state index contributed by atoms with van der Waals surface area (Å²) >= 11 is 0. The fourth-order valence-electron chi connectivity index (χ4n) is 6.47. The molecule has 0 aliphatic carbocycles. The van der Waals surface area contributed by atoms with Gasteiger partial charge in [0.15, 0.2) is 28.8 Å². The van der Waals surface area contributed by atoms with Crippen LogP contribution in [-0.4, -0.2) is 31.6 Å². The first kappa shape index (κ1) is 25.8. The summed E-state index contributed by atoms with van der Waals surface area (Å²) < 4.78 is 42.0. The molecule has 3 unspecified atom stereocenters. The van der Waals surface area contributed by atoms with Crippen LogP contribution in [0.25, 0.3) is 0 Å². The van der Waals surface area contributed by atoms with Gasteiger partial charge in [-0.2, -0.15) is 0 Å². The number of hydrogen-bond donors (Lipinski definition) is 1. The van der Waals surface area contributed by atoms with Gasteiger partial charge in [0, 0.05) is 29.0 Å². The summed E-state index contributed by atoms with van der Waals surface area (Å²) in [5.74, 6) is 1.78. The molecule has 9 nitrogen and oxygen atoms in total. The van der Waals surface area contributed by atoms with Gasteiger partial charge in [-0.1, -0.05) is 19.9 Å². The summed E-state index contributed by atoms with van der Waals surface area (Å²) in [6.07, 6.45) is 1.06. The van der Waals surface area contributed by atoms with Gasteiger partial charge in [0.1, 0.15) is 22.8 Å². The second kappa shape index (κ2) is 9.48. The van der Waals surface area contributed by atoms with Crippen LogP contribution in [-0.2, 0) is 16.9 Å². The Hall–Kier alpha value is -4.11. The zero-order valence-corrected chi connectivity index (χ0v) is 23.4. The summed E-state index contributed by atoms with van der Waals surface area (Å²) in [6.45, 7) is 6.03. The van der Waals surface area contributed by atoms with E-state index in [4.69, 9.17) is 33.2 Å². The first-order valence-electron chi connectivity index (χ1n) is 13.9. The molecule has 3 atom stereocenters. The van der Waals surface area contributed by atoms with Crippen molar-refractivity contribution in [2.24, 2.45) is 11.8 Å². The van der Waals surface area contributed by atoms with Crippen molar-refractivity contribution in [2.75, 3.05) is 20.7 Å². The van der Waals surface area contributed by atoms with E-state index in [0.29, 0.717) is 52.9 Å². The largest absolute Gasteiger partial charge is 0.507 e. The molecule has 9 heteroatoms. The number of phenols is 1. The number of aromatic hydroxyl groups is 1. The van der Waals surface area contributed by atoms with Gasteiger partial charge >= 0.3 is 0 Å². The van der Waals surface area contributed by atoms with Crippen molar-refractivity contribution in [1.29, 1.82) is 0 Å². The molecule has 7 rings (SSSR count). The van der Waals surface area contributed by atoms with Gasteiger partial charge in [-0.15, -0.1) is 0 Å². The minimum absolute atomic E-state index is 0.0947. The van der Waals surface area contributed by atoms with Crippen LogP contribution in [0.2, 0.25) is 0 Å². The quantitative estimate of drug-likeness (QED) is 0.366. The van der Waals surface area contributed by atoms with Gasteiger partial charge < -0.3 is 38.3 Å². The van der Waals surface area contributed by atoms with Crippen LogP contribution in [0.1, 0.15) is 65.4 Å². The molecular formula is C32H32O9. The number of methoxy groups -OCH3 is 1. The molecule has 3 aromatic rings. The highest BCUT2D eigenvalue weighted by atomic mass is 16.7. The Labute approximate surface area is 237 Å². The Morgan fingerprint density at radius 2 is 1.71 bits per heavy atom. The Morgan fingerprint density at radius 3 is 2.41 bits per heavy atom. The summed E-state index contributed by atoms with van der Waals surface area (Å²) in [5, 5.41) is 11.3. The molecule has 1 saturated heterocycles. The van der Waals surface area contributed by atoms with Crippen LogP contribution in [0.15, 0.2) is 36.4 Å². The molecule has 214 valence electrons. The van der Waals surface area contributed by atoms with Crippen LogP contribution >= 0.6 is 0 Å². The topological polar surface area (TPSA) is 102 Å². The average Bonchev–Trinajstić information content (AvgIpc) is 3.70. The molecule has 4 heterocycles. The van der Waals surface area contributed by atoms with Crippen molar-refractivity contribution in [3.05, 3.63) is 64.2 Å². The van der Waals surface area contributed by atoms with Crippen molar-refractivity contribution in [3.63, 3.8) is 0 Å². The highest BCUT2D eigenvalue weighted by molar-refractivity contribution is 6.03. The Morgan fingerprint density at radius 1 is 1.02 bits per heavy atom. The van der Waals surface area contributed by atoms with E-state index in [1.165, 1.54) is 0 Å². The molecule has 1 fully saturated rings. The smallest absolute Gasteiger partial charge is 0.241 e. The standard InChI is InChI=1S/C32H32O9/c1-16(2)9-22(33)28-29(34)17(3)30(35-4)21-11-20-13-25(18-5-7-23-26(10-18)38-14-36-23)40-32(20,41-31(21)28)19-6-8-24-27(12-19)39-15-37-24/h5-8,10,12,16,20,25,34H,9,11,13-15H2,1-4H3. The SMILES string of the molecule is COc1c(C)c(O)c(C(=O)CC(C)C)c2c1CC1CC(c3ccc4c(c3)OCO4)OC1(c1ccc3c(c1)OCO3)O2.